The molecule has 56 valence electrons. The molecular formula is C8H10F2. The fraction of sp³-hybridized carbons (Fsp3) is 0.250. The van der Waals surface area contributed by atoms with Crippen molar-refractivity contribution >= 4 is 0 Å². The number of hydrogen-bond donors (Lipinski definition) is 0. The van der Waals surface area contributed by atoms with Crippen molar-refractivity contribution in [1.29, 1.82) is 0 Å². The van der Waals surface area contributed by atoms with E-state index in [1.54, 1.807) is 0 Å². The molecule has 0 aliphatic heterocycles. The summed E-state index contributed by atoms with van der Waals surface area (Å²) in [5.74, 6) is -1.02. The van der Waals surface area contributed by atoms with Gasteiger partial charge in [0, 0.05) is 6.42 Å². The van der Waals surface area contributed by atoms with Crippen molar-refractivity contribution in [2.75, 3.05) is 0 Å². The molecule has 0 nitrogen and oxygen atoms in total. The topological polar surface area (TPSA) is 0 Å². The second kappa shape index (κ2) is 3.99. The van der Waals surface area contributed by atoms with Gasteiger partial charge < -0.3 is 0 Å². The molecule has 0 saturated carbocycles. The van der Waals surface area contributed by atoms with E-state index in [1.807, 2.05) is 0 Å². The maximum atomic E-state index is 12.4. The van der Waals surface area contributed by atoms with Crippen LogP contribution in [0.15, 0.2) is 36.5 Å². The third kappa shape index (κ3) is 4.01. The van der Waals surface area contributed by atoms with Gasteiger partial charge in [0.1, 0.15) is 5.83 Å². The predicted octanol–water partition coefficient (Wildman–Crippen LogP) is 3.29. The second-order valence-corrected chi connectivity index (χ2v) is 2.05. The Bertz CT molecular complexity index is 178. The molecule has 0 aromatic rings. The molecule has 0 bridgehead atoms. The summed E-state index contributed by atoms with van der Waals surface area (Å²) >= 11 is 0. The zero-order chi connectivity index (χ0) is 8.15. The van der Waals surface area contributed by atoms with Crippen LogP contribution in [-0.2, 0) is 0 Å². The lowest BCUT2D eigenvalue weighted by Crippen LogP contribution is -1.74. The molecule has 0 N–H and O–H groups in total. The van der Waals surface area contributed by atoms with Crippen LogP contribution >= 0.6 is 0 Å². The maximum absolute atomic E-state index is 12.4. The van der Waals surface area contributed by atoms with Crippen LogP contribution in [0.25, 0.3) is 0 Å². The minimum absolute atomic E-state index is 0.0707. The van der Waals surface area contributed by atoms with Crippen molar-refractivity contribution < 1.29 is 8.78 Å². The molecule has 0 rings (SSSR count). The van der Waals surface area contributed by atoms with E-state index in [0.29, 0.717) is 5.57 Å². The molecule has 0 spiro atoms. The Labute approximate surface area is 59.6 Å². The SMILES string of the molecule is C=C(F)C/C=C(/F)C(=C)C. The van der Waals surface area contributed by atoms with Crippen molar-refractivity contribution in [3.05, 3.63) is 36.5 Å². The van der Waals surface area contributed by atoms with E-state index in [1.165, 1.54) is 6.92 Å². The largest absolute Gasteiger partial charge is 0.212 e. The van der Waals surface area contributed by atoms with Crippen molar-refractivity contribution in [3.63, 3.8) is 0 Å². The Morgan fingerprint density at radius 1 is 1.40 bits per heavy atom. The van der Waals surface area contributed by atoms with Gasteiger partial charge in [0.25, 0.3) is 0 Å². The number of rotatable bonds is 3. The van der Waals surface area contributed by atoms with Gasteiger partial charge in [-0.2, -0.15) is 0 Å². The highest BCUT2D eigenvalue weighted by Gasteiger charge is 1.94. The molecule has 0 saturated heterocycles. The van der Waals surface area contributed by atoms with Gasteiger partial charge in [-0.25, -0.2) is 8.78 Å². The standard InChI is InChI=1S/C8H10F2/c1-6(2)8(10)5-4-7(3)9/h5H,1,3-4H2,2H3/b8-5+. The molecule has 0 unspecified atom stereocenters. The Morgan fingerprint density at radius 2 is 1.90 bits per heavy atom. The van der Waals surface area contributed by atoms with Gasteiger partial charge in [0.2, 0.25) is 0 Å². The summed E-state index contributed by atoms with van der Waals surface area (Å²) in [6, 6.07) is 0. The van der Waals surface area contributed by atoms with E-state index in [-0.39, 0.29) is 6.42 Å². The van der Waals surface area contributed by atoms with E-state index in [9.17, 15) is 8.78 Å². The predicted molar refractivity (Wildman–Crippen MR) is 38.9 cm³/mol. The van der Waals surface area contributed by atoms with Crippen molar-refractivity contribution in [3.8, 4) is 0 Å². The zero-order valence-electron chi connectivity index (χ0n) is 5.95. The van der Waals surface area contributed by atoms with E-state index in [4.69, 9.17) is 0 Å². The van der Waals surface area contributed by atoms with Crippen LogP contribution in [0, 0.1) is 0 Å². The van der Waals surface area contributed by atoms with Gasteiger partial charge in [-0.15, -0.1) is 0 Å². The quantitative estimate of drug-likeness (QED) is 0.533. The van der Waals surface area contributed by atoms with Crippen molar-refractivity contribution in [2.45, 2.75) is 13.3 Å². The first-order valence-electron chi connectivity index (χ1n) is 2.89. The molecular weight excluding hydrogens is 134 g/mol. The number of allylic oxidation sites excluding steroid dienone is 4. The molecule has 0 atom stereocenters. The average molecular weight is 144 g/mol. The fourth-order valence-corrected chi connectivity index (χ4v) is 0.375. The lowest BCUT2D eigenvalue weighted by atomic mass is 10.2. The van der Waals surface area contributed by atoms with E-state index >= 15 is 0 Å². The van der Waals surface area contributed by atoms with Crippen molar-refractivity contribution in [1.82, 2.24) is 0 Å². The number of hydrogen-bond acceptors (Lipinski definition) is 0. The van der Waals surface area contributed by atoms with Gasteiger partial charge in [0.05, 0.1) is 5.83 Å². The Balaban J connectivity index is 3.92. The van der Waals surface area contributed by atoms with Gasteiger partial charge >= 0.3 is 0 Å². The highest BCUT2D eigenvalue weighted by Crippen LogP contribution is 2.11. The lowest BCUT2D eigenvalue weighted by Gasteiger charge is -1.91. The molecule has 0 fully saturated rings. The lowest BCUT2D eigenvalue weighted by molar-refractivity contribution is 0.606. The molecule has 0 aliphatic carbocycles. The summed E-state index contributed by atoms with van der Waals surface area (Å²) in [4.78, 5) is 0. The van der Waals surface area contributed by atoms with Gasteiger partial charge in [-0.1, -0.05) is 13.2 Å². The molecule has 2 heteroatoms. The highest BCUT2D eigenvalue weighted by atomic mass is 19.1. The summed E-state index contributed by atoms with van der Waals surface area (Å²) in [7, 11) is 0. The molecule has 0 aromatic carbocycles. The van der Waals surface area contributed by atoms with Crippen LogP contribution in [0.3, 0.4) is 0 Å². The minimum Gasteiger partial charge on any atom is -0.212 e. The Kier molecular flexibility index (Phi) is 3.62. The van der Waals surface area contributed by atoms with Gasteiger partial charge in [-0.05, 0) is 18.6 Å². The number of halogens is 2. The molecule has 0 radical (unpaired) electrons. The van der Waals surface area contributed by atoms with Gasteiger partial charge in [0.15, 0.2) is 0 Å². The van der Waals surface area contributed by atoms with E-state index < -0.39 is 11.7 Å². The zero-order valence-corrected chi connectivity index (χ0v) is 5.95. The van der Waals surface area contributed by atoms with Crippen LogP contribution < -0.4 is 0 Å². The maximum Gasteiger partial charge on any atom is 0.121 e. The van der Waals surface area contributed by atoms with Crippen LogP contribution in [0.4, 0.5) is 8.78 Å². The second-order valence-electron chi connectivity index (χ2n) is 2.05. The summed E-state index contributed by atoms with van der Waals surface area (Å²) in [5, 5.41) is 0. The van der Waals surface area contributed by atoms with E-state index in [2.05, 4.69) is 13.2 Å². The molecule has 0 amide bonds. The molecule has 0 heterocycles. The molecule has 0 aliphatic rings. The fourth-order valence-electron chi connectivity index (χ4n) is 0.375. The third-order valence-corrected chi connectivity index (χ3v) is 0.910. The monoisotopic (exact) mass is 144 g/mol. The smallest absolute Gasteiger partial charge is 0.121 e. The summed E-state index contributed by atoms with van der Waals surface area (Å²) in [6.07, 6.45) is 1.04. The van der Waals surface area contributed by atoms with Crippen molar-refractivity contribution in [2.24, 2.45) is 0 Å². The average Bonchev–Trinajstić information content (AvgIpc) is 1.82. The van der Waals surface area contributed by atoms with Crippen LogP contribution in [-0.4, -0.2) is 0 Å². The first-order chi connectivity index (χ1) is 4.54. The first-order valence-corrected chi connectivity index (χ1v) is 2.89. The van der Waals surface area contributed by atoms with Crippen LogP contribution in [0.5, 0.6) is 0 Å². The summed E-state index contributed by atoms with van der Waals surface area (Å²) in [5.41, 5.74) is 0.307. The third-order valence-electron chi connectivity index (χ3n) is 0.910. The van der Waals surface area contributed by atoms with Gasteiger partial charge in [-0.3, -0.25) is 0 Å². The summed E-state index contributed by atoms with van der Waals surface area (Å²) < 4.78 is 24.3. The highest BCUT2D eigenvalue weighted by molar-refractivity contribution is 5.20. The van der Waals surface area contributed by atoms with E-state index in [0.717, 1.165) is 6.08 Å². The normalized spacial score (nSPS) is 11.3. The molecule has 10 heavy (non-hydrogen) atoms. The van der Waals surface area contributed by atoms with Crippen LogP contribution in [0.1, 0.15) is 13.3 Å². The minimum atomic E-state index is -0.545. The van der Waals surface area contributed by atoms with Crippen LogP contribution in [0.2, 0.25) is 0 Å². The Hall–Kier alpha value is -0.920. The Morgan fingerprint density at radius 3 is 2.20 bits per heavy atom. The first kappa shape index (κ1) is 9.08. The summed E-state index contributed by atoms with van der Waals surface area (Å²) in [6.45, 7) is 7.84. The molecule has 0 aromatic heterocycles.